The normalized spacial score (nSPS) is 24.6. The monoisotopic (exact) mass is 282 g/mol. The number of alkyl halides is 3. The van der Waals surface area contributed by atoms with Gasteiger partial charge in [0, 0.05) is 19.1 Å². The summed E-state index contributed by atoms with van der Waals surface area (Å²) in [6.07, 6.45) is -4.06. The zero-order valence-corrected chi connectivity index (χ0v) is 11.2. The molecule has 19 heavy (non-hydrogen) atoms. The summed E-state index contributed by atoms with van der Waals surface area (Å²) in [6, 6.07) is -0.658. The predicted octanol–water partition coefficient (Wildman–Crippen LogP) is 1.15. The van der Waals surface area contributed by atoms with E-state index in [9.17, 15) is 18.0 Å². The Morgan fingerprint density at radius 2 is 2.05 bits per heavy atom. The van der Waals surface area contributed by atoms with Gasteiger partial charge < -0.3 is 15.3 Å². The molecule has 0 bridgehead atoms. The number of carbonyl (C=O) groups excluding carboxylic acids is 1. The van der Waals surface area contributed by atoms with E-state index < -0.39 is 18.1 Å². The Labute approximate surface area is 111 Å². The quantitative estimate of drug-likeness (QED) is 0.813. The highest BCUT2D eigenvalue weighted by Crippen LogP contribution is 2.32. The summed E-state index contributed by atoms with van der Waals surface area (Å²) >= 11 is 0. The minimum Gasteiger partial charge on any atom is -0.395 e. The third kappa shape index (κ3) is 4.35. The second-order valence-corrected chi connectivity index (χ2v) is 5.13. The van der Waals surface area contributed by atoms with Gasteiger partial charge in [0.2, 0.25) is 5.91 Å². The number of hydrogen-bond donors (Lipinski definition) is 2. The molecule has 0 spiro atoms. The van der Waals surface area contributed by atoms with Crippen LogP contribution < -0.4 is 5.32 Å². The van der Waals surface area contributed by atoms with Gasteiger partial charge in [-0.25, -0.2) is 0 Å². The average molecular weight is 282 g/mol. The average Bonchev–Trinajstić information content (AvgIpc) is 2.34. The van der Waals surface area contributed by atoms with E-state index >= 15 is 0 Å². The molecule has 2 N–H and O–H groups in total. The Morgan fingerprint density at radius 1 is 1.42 bits per heavy atom. The molecule has 1 aliphatic heterocycles. The van der Waals surface area contributed by atoms with E-state index in [1.54, 1.807) is 0 Å². The van der Waals surface area contributed by atoms with Crippen molar-refractivity contribution in [1.82, 2.24) is 10.2 Å². The molecule has 0 radical (unpaired) electrons. The molecule has 0 aliphatic carbocycles. The van der Waals surface area contributed by atoms with Crippen molar-refractivity contribution in [3.8, 4) is 0 Å². The number of amides is 1. The van der Waals surface area contributed by atoms with E-state index in [1.165, 1.54) is 4.90 Å². The number of aliphatic hydroxyl groups excluding tert-OH is 1. The van der Waals surface area contributed by atoms with Crippen molar-refractivity contribution in [1.29, 1.82) is 0 Å². The fourth-order valence-electron chi connectivity index (χ4n) is 2.28. The lowest BCUT2D eigenvalue weighted by Crippen LogP contribution is -2.54. The first kappa shape index (κ1) is 16.2. The molecule has 0 aromatic rings. The zero-order valence-electron chi connectivity index (χ0n) is 11.2. The van der Waals surface area contributed by atoms with Crippen LogP contribution >= 0.6 is 0 Å². The summed E-state index contributed by atoms with van der Waals surface area (Å²) in [5.74, 6) is -1.61. The summed E-state index contributed by atoms with van der Waals surface area (Å²) in [5.41, 5.74) is 0. The van der Waals surface area contributed by atoms with Crippen LogP contribution in [-0.2, 0) is 4.79 Å². The number of nitrogens with zero attached hydrogens (tertiary/aromatic N) is 1. The SMILES string of the molecule is CC(C)N(CCO)C(=O)C1CCC(C(F)(F)F)CN1. The zero-order chi connectivity index (χ0) is 14.6. The highest BCUT2D eigenvalue weighted by Gasteiger charge is 2.43. The summed E-state index contributed by atoms with van der Waals surface area (Å²) in [7, 11) is 0. The lowest BCUT2D eigenvalue weighted by atomic mass is 9.93. The summed E-state index contributed by atoms with van der Waals surface area (Å²) < 4.78 is 37.5. The van der Waals surface area contributed by atoms with Crippen LogP contribution in [0.2, 0.25) is 0 Å². The molecule has 2 atom stereocenters. The minimum atomic E-state index is -4.20. The molecule has 1 saturated heterocycles. The fraction of sp³-hybridized carbons (Fsp3) is 0.917. The molecule has 0 aromatic carbocycles. The minimum absolute atomic E-state index is 0.0298. The molecule has 0 aromatic heterocycles. The molecule has 0 saturated carbocycles. The molecule has 1 heterocycles. The van der Waals surface area contributed by atoms with Crippen LogP contribution in [0.5, 0.6) is 0 Å². The van der Waals surface area contributed by atoms with E-state index in [1.807, 2.05) is 13.8 Å². The van der Waals surface area contributed by atoms with Crippen LogP contribution in [-0.4, -0.2) is 53.9 Å². The molecule has 1 fully saturated rings. The number of aliphatic hydroxyl groups is 1. The van der Waals surface area contributed by atoms with E-state index in [4.69, 9.17) is 5.11 Å². The van der Waals surface area contributed by atoms with E-state index in [0.29, 0.717) is 0 Å². The first-order chi connectivity index (χ1) is 8.77. The maximum absolute atomic E-state index is 12.5. The molecular formula is C12H21F3N2O2. The van der Waals surface area contributed by atoms with Crippen LogP contribution in [0.15, 0.2) is 0 Å². The van der Waals surface area contributed by atoms with Crippen molar-refractivity contribution in [3.63, 3.8) is 0 Å². The smallest absolute Gasteiger partial charge is 0.393 e. The Bertz CT molecular complexity index is 300. The molecule has 2 unspecified atom stereocenters. The molecular weight excluding hydrogens is 261 g/mol. The summed E-state index contributed by atoms with van der Waals surface area (Å²) in [5, 5.41) is 11.6. The molecule has 1 amide bonds. The van der Waals surface area contributed by atoms with Gasteiger partial charge in [-0.3, -0.25) is 4.79 Å². The van der Waals surface area contributed by atoms with Crippen molar-refractivity contribution in [2.75, 3.05) is 19.7 Å². The molecule has 1 rings (SSSR count). The van der Waals surface area contributed by atoms with Gasteiger partial charge in [0.05, 0.1) is 18.6 Å². The highest BCUT2D eigenvalue weighted by molar-refractivity contribution is 5.82. The Balaban J connectivity index is 2.56. The number of carbonyl (C=O) groups is 1. The number of nitrogens with one attached hydrogen (secondary N) is 1. The van der Waals surface area contributed by atoms with E-state index in [-0.39, 0.29) is 44.5 Å². The van der Waals surface area contributed by atoms with Crippen LogP contribution in [0, 0.1) is 5.92 Å². The standard InChI is InChI=1S/C12H21F3N2O2/c1-8(2)17(5-6-18)11(19)10-4-3-9(7-16-10)12(13,14)15/h8-10,16,18H,3-7H2,1-2H3. The number of piperidine rings is 1. The van der Waals surface area contributed by atoms with Gasteiger partial charge in [0.1, 0.15) is 0 Å². The van der Waals surface area contributed by atoms with Gasteiger partial charge in [-0.05, 0) is 26.7 Å². The first-order valence-electron chi connectivity index (χ1n) is 6.48. The van der Waals surface area contributed by atoms with Gasteiger partial charge >= 0.3 is 6.18 Å². The third-order valence-electron chi connectivity index (χ3n) is 3.42. The second-order valence-electron chi connectivity index (χ2n) is 5.13. The number of hydrogen-bond acceptors (Lipinski definition) is 3. The van der Waals surface area contributed by atoms with E-state index in [0.717, 1.165) is 0 Å². The number of rotatable bonds is 4. The topological polar surface area (TPSA) is 52.6 Å². The van der Waals surface area contributed by atoms with Crippen LogP contribution in [0.3, 0.4) is 0 Å². The van der Waals surface area contributed by atoms with Crippen molar-refractivity contribution in [2.45, 2.75) is 44.9 Å². The largest absolute Gasteiger partial charge is 0.395 e. The van der Waals surface area contributed by atoms with Crippen molar-refractivity contribution >= 4 is 5.91 Å². The van der Waals surface area contributed by atoms with Crippen molar-refractivity contribution < 1.29 is 23.1 Å². The molecule has 4 nitrogen and oxygen atoms in total. The Kier molecular flexibility index (Phi) is 5.61. The molecule has 1 aliphatic rings. The third-order valence-corrected chi connectivity index (χ3v) is 3.42. The maximum Gasteiger partial charge on any atom is 0.393 e. The molecule has 7 heteroatoms. The summed E-state index contributed by atoms with van der Waals surface area (Å²) in [6.45, 7) is 3.47. The van der Waals surface area contributed by atoms with Gasteiger partial charge in [0.15, 0.2) is 0 Å². The van der Waals surface area contributed by atoms with Crippen LogP contribution in [0.1, 0.15) is 26.7 Å². The van der Waals surface area contributed by atoms with Gasteiger partial charge in [-0.15, -0.1) is 0 Å². The van der Waals surface area contributed by atoms with E-state index in [2.05, 4.69) is 5.32 Å². The second kappa shape index (κ2) is 6.56. The number of halogens is 3. The van der Waals surface area contributed by atoms with Gasteiger partial charge in [-0.2, -0.15) is 13.2 Å². The lowest BCUT2D eigenvalue weighted by Gasteiger charge is -2.35. The summed E-state index contributed by atoms with van der Waals surface area (Å²) in [4.78, 5) is 13.6. The van der Waals surface area contributed by atoms with Gasteiger partial charge in [0.25, 0.3) is 0 Å². The van der Waals surface area contributed by atoms with Crippen molar-refractivity contribution in [2.24, 2.45) is 5.92 Å². The van der Waals surface area contributed by atoms with Gasteiger partial charge in [-0.1, -0.05) is 0 Å². The Hall–Kier alpha value is -0.820. The van der Waals surface area contributed by atoms with Crippen LogP contribution in [0.4, 0.5) is 13.2 Å². The maximum atomic E-state index is 12.5. The Morgan fingerprint density at radius 3 is 2.42 bits per heavy atom. The van der Waals surface area contributed by atoms with Crippen molar-refractivity contribution in [3.05, 3.63) is 0 Å². The molecule has 112 valence electrons. The lowest BCUT2D eigenvalue weighted by molar-refractivity contribution is -0.181. The first-order valence-corrected chi connectivity index (χ1v) is 6.48. The predicted molar refractivity (Wildman–Crippen MR) is 64.5 cm³/mol. The highest BCUT2D eigenvalue weighted by atomic mass is 19.4. The van der Waals surface area contributed by atoms with Crippen LogP contribution in [0.25, 0.3) is 0 Å². The fourth-order valence-corrected chi connectivity index (χ4v) is 2.28.